The molecule has 0 fully saturated rings. The molecule has 0 aliphatic rings. The van der Waals surface area contributed by atoms with Crippen molar-refractivity contribution >= 4 is 22.4 Å². The Hall–Kier alpha value is -0.416. The molecule has 0 amide bonds. The zero-order chi connectivity index (χ0) is 21.8. The predicted molar refractivity (Wildman–Crippen MR) is 143 cm³/mol. The van der Waals surface area contributed by atoms with E-state index in [0.29, 0.717) is 0 Å². The van der Waals surface area contributed by atoms with Crippen molar-refractivity contribution in [2.75, 3.05) is 6.54 Å². The molecule has 0 aromatic carbocycles. The van der Waals surface area contributed by atoms with Crippen LogP contribution in [0.2, 0.25) is 36.3 Å². The zero-order valence-corrected chi connectivity index (χ0v) is 22.6. The quantitative estimate of drug-likeness (QED) is 0.0966. The van der Waals surface area contributed by atoms with Gasteiger partial charge >= 0.3 is 0 Å². The lowest BCUT2D eigenvalue weighted by Crippen LogP contribution is -2.31. The smallest absolute Gasteiger partial charge is 0.0773 e. The van der Waals surface area contributed by atoms with Crippen LogP contribution in [0.3, 0.4) is 0 Å². The fraction of sp³-hybridized carbons (Fsp3) is 0.808. The molecule has 0 saturated carbocycles. The van der Waals surface area contributed by atoms with Gasteiger partial charge in [0, 0.05) is 6.54 Å². The van der Waals surface area contributed by atoms with E-state index in [2.05, 4.69) is 58.5 Å². The summed E-state index contributed by atoms with van der Waals surface area (Å²) in [5.74, 6) is 0. The SMILES string of the molecule is C=C[Si](CCC)(CCC)CCC=NCCCCCCC[Si](C=C)(CCC)CCC. The highest BCUT2D eigenvalue weighted by Gasteiger charge is 2.27. The van der Waals surface area contributed by atoms with Crippen LogP contribution in [0.1, 0.15) is 91.9 Å². The summed E-state index contributed by atoms with van der Waals surface area (Å²) in [7, 11) is -2.38. The lowest BCUT2D eigenvalue weighted by Gasteiger charge is -2.27. The van der Waals surface area contributed by atoms with Crippen molar-refractivity contribution in [1.29, 1.82) is 0 Å². The van der Waals surface area contributed by atoms with Gasteiger partial charge in [0.2, 0.25) is 0 Å². The number of hydrogen-bond acceptors (Lipinski definition) is 1. The normalized spacial score (nSPS) is 12.6. The summed E-state index contributed by atoms with van der Waals surface area (Å²) >= 11 is 0. The molecule has 0 aromatic heterocycles. The highest BCUT2D eigenvalue weighted by Crippen LogP contribution is 2.28. The van der Waals surface area contributed by atoms with Gasteiger partial charge in [-0.3, -0.25) is 4.99 Å². The molecule has 0 unspecified atom stereocenters. The van der Waals surface area contributed by atoms with E-state index in [1.54, 1.807) is 0 Å². The summed E-state index contributed by atoms with van der Waals surface area (Å²) in [5, 5.41) is 0. The molecule has 3 heteroatoms. The summed E-state index contributed by atoms with van der Waals surface area (Å²) < 4.78 is 0. The number of aliphatic imine (C=N–C) groups is 1. The zero-order valence-electron chi connectivity index (χ0n) is 20.6. The minimum absolute atomic E-state index is 1.03. The Morgan fingerprint density at radius 3 is 1.52 bits per heavy atom. The number of nitrogens with zero attached hydrogens (tertiary/aromatic N) is 1. The average Bonchev–Trinajstić information content (AvgIpc) is 2.72. The molecular formula is C26H53NSi2. The summed E-state index contributed by atoms with van der Waals surface area (Å²) in [5.41, 5.74) is 4.76. The lowest BCUT2D eigenvalue weighted by molar-refractivity contribution is 0.635. The Bertz CT molecular complexity index is 418. The molecule has 0 saturated heterocycles. The largest absolute Gasteiger partial charge is 0.298 e. The Kier molecular flexibility index (Phi) is 18.1. The molecule has 0 bridgehead atoms. The van der Waals surface area contributed by atoms with Crippen LogP contribution in [0, 0.1) is 0 Å². The van der Waals surface area contributed by atoms with Gasteiger partial charge in [0.05, 0.1) is 16.1 Å². The number of rotatable bonds is 21. The maximum absolute atomic E-state index is 4.70. The second-order valence-corrected chi connectivity index (χ2v) is 18.5. The average molecular weight is 436 g/mol. The van der Waals surface area contributed by atoms with Gasteiger partial charge in [0.25, 0.3) is 0 Å². The first kappa shape index (κ1) is 28.6. The van der Waals surface area contributed by atoms with Gasteiger partial charge in [0.1, 0.15) is 0 Å². The summed E-state index contributed by atoms with van der Waals surface area (Å²) in [4.78, 5) is 4.70. The Morgan fingerprint density at radius 1 is 0.586 bits per heavy atom. The van der Waals surface area contributed by atoms with E-state index in [-0.39, 0.29) is 0 Å². The molecule has 0 aliphatic carbocycles. The van der Waals surface area contributed by atoms with Gasteiger partial charge in [-0.15, -0.1) is 24.6 Å². The fourth-order valence-electron chi connectivity index (χ4n) is 5.10. The van der Waals surface area contributed by atoms with Crippen LogP contribution in [0.25, 0.3) is 0 Å². The second kappa shape index (κ2) is 18.4. The highest BCUT2D eigenvalue weighted by atomic mass is 28.3. The van der Waals surface area contributed by atoms with Crippen molar-refractivity contribution < 1.29 is 0 Å². The van der Waals surface area contributed by atoms with Gasteiger partial charge in [-0.1, -0.05) is 109 Å². The molecule has 0 rings (SSSR count). The van der Waals surface area contributed by atoms with Crippen molar-refractivity contribution in [1.82, 2.24) is 0 Å². The molecule has 0 aliphatic heterocycles. The Labute approximate surface area is 186 Å². The molecule has 0 radical (unpaired) electrons. The summed E-state index contributed by atoms with van der Waals surface area (Å²) in [6.45, 7) is 18.8. The summed E-state index contributed by atoms with van der Waals surface area (Å²) in [6, 6.07) is 8.54. The van der Waals surface area contributed by atoms with Crippen molar-refractivity contribution in [2.45, 2.75) is 128 Å². The lowest BCUT2D eigenvalue weighted by atomic mass is 10.1. The number of unbranched alkanes of at least 4 members (excludes halogenated alkanes) is 4. The van der Waals surface area contributed by atoms with E-state index in [1.807, 2.05) is 0 Å². The van der Waals surface area contributed by atoms with Crippen molar-refractivity contribution in [3.63, 3.8) is 0 Å². The third kappa shape index (κ3) is 12.8. The van der Waals surface area contributed by atoms with Crippen LogP contribution >= 0.6 is 0 Å². The molecule has 29 heavy (non-hydrogen) atoms. The van der Waals surface area contributed by atoms with E-state index in [1.165, 1.54) is 100 Å². The van der Waals surface area contributed by atoms with Gasteiger partial charge in [0.15, 0.2) is 0 Å². The van der Waals surface area contributed by atoms with E-state index >= 15 is 0 Å². The minimum atomic E-state index is -1.22. The van der Waals surface area contributed by atoms with Gasteiger partial charge in [-0.2, -0.15) is 0 Å². The molecule has 1 nitrogen and oxygen atoms in total. The maximum atomic E-state index is 4.70. The Balaban J connectivity index is 3.93. The monoisotopic (exact) mass is 435 g/mol. The Morgan fingerprint density at radius 2 is 1.03 bits per heavy atom. The van der Waals surface area contributed by atoms with Gasteiger partial charge < -0.3 is 0 Å². The van der Waals surface area contributed by atoms with E-state index < -0.39 is 16.1 Å². The molecule has 0 N–H and O–H groups in total. The molecule has 0 atom stereocenters. The molecule has 0 spiro atoms. The van der Waals surface area contributed by atoms with Gasteiger partial charge in [-0.25, -0.2) is 0 Å². The van der Waals surface area contributed by atoms with Crippen molar-refractivity contribution in [3.8, 4) is 0 Å². The van der Waals surface area contributed by atoms with Crippen LogP contribution in [-0.2, 0) is 0 Å². The van der Waals surface area contributed by atoms with Crippen molar-refractivity contribution in [2.24, 2.45) is 4.99 Å². The maximum Gasteiger partial charge on any atom is 0.0773 e. The second-order valence-electron chi connectivity index (χ2n) is 9.28. The minimum Gasteiger partial charge on any atom is -0.298 e. The first-order valence-corrected chi connectivity index (χ1v) is 18.2. The highest BCUT2D eigenvalue weighted by molar-refractivity contribution is 6.84. The van der Waals surface area contributed by atoms with Gasteiger partial charge in [-0.05, 0) is 25.1 Å². The standard InChI is InChI=1S/C26H53NSi2/c1-7-21-28(11-5,22-8-2)25-17-15-13-14-16-19-27-20-18-26-29(12-6,23-9-3)24-10-4/h11-12,20H,5-10,13-19,21-26H2,1-4H3. The molecule has 170 valence electrons. The predicted octanol–water partition coefficient (Wildman–Crippen LogP) is 9.39. The summed E-state index contributed by atoms with van der Waals surface area (Å²) in [6.07, 6.45) is 15.5. The van der Waals surface area contributed by atoms with E-state index in [4.69, 9.17) is 4.99 Å². The fourth-order valence-corrected chi connectivity index (χ4v) is 13.5. The molecular weight excluding hydrogens is 382 g/mol. The third-order valence-electron chi connectivity index (χ3n) is 6.72. The molecule has 0 aromatic rings. The van der Waals surface area contributed by atoms with Crippen LogP contribution < -0.4 is 0 Å². The van der Waals surface area contributed by atoms with Crippen LogP contribution in [0.4, 0.5) is 0 Å². The number of hydrogen-bond donors (Lipinski definition) is 0. The van der Waals surface area contributed by atoms with Crippen LogP contribution in [0.5, 0.6) is 0 Å². The molecule has 0 heterocycles. The van der Waals surface area contributed by atoms with E-state index in [9.17, 15) is 0 Å². The van der Waals surface area contributed by atoms with E-state index in [0.717, 1.165) is 6.54 Å². The third-order valence-corrected chi connectivity index (χ3v) is 17.1. The van der Waals surface area contributed by atoms with Crippen LogP contribution in [0.15, 0.2) is 29.5 Å². The first-order valence-electron chi connectivity index (χ1n) is 12.8. The van der Waals surface area contributed by atoms with Crippen molar-refractivity contribution in [3.05, 3.63) is 24.6 Å². The first-order chi connectivity index (χ1) is 14.1. The van der Waals surface area contributed by atoms with Crippen LogP contribution in [-0.4, -0.2) is 28.9 Å². The topological polar surface area (TPSA) is 12.4 Å².